The quantitative estimate of drug-likeness (QED) is 0.691. The van der Waals surface area contributed by atoms with Gasteiger partial charge >= 0.3 is 0 Å². The van der Waals surface area contributed by atoms with Crippen molar-refractivity contribution in [1.29, 1.82) is 0 Å². The summed E-state index contributed by atoms with van der Waals surface area (Å²) in [6.45, 7) is 4.61. The van der Waals surface area contributed by atoms with Crippen LogP contribution in [0.1, 0.15) is 18.3 Å². The molecule has 1 aromatic rings. The molecule has 1 aromatic heterocycles. The fourth-order valence-electron chi connectivity index (χ4n) is 1.26. The van der Waals surface area contributed by atoms with Gasteiger partial charge in [0.25, 0.3) is 0 Å². The van der Waals surface area contributed by atoms with Gasteiger partial charge in [0.05, 0.1) is 5.69 Å². The molecule has 0 aromatic carbocycles. The van der Waals surface area contributed by atoms with Crippen LogP contribution in [0.2, 0.25) is 0 Å². The van der Waals surface area contributed by atoms with Gasteiger partial charge in [-0.1, -0.05) is 6.92 Å². The Morgan fingerprint density at radius 3 is 2.92 bits per heavy atom. The van der Waals surface area contributed by atoms with Gasteiger partial charge in [0.1, 0.15) is 0 Å². The standard InChI is InChI=1S/C9H18N4/c1-3-8-6-9(12-11-8)7-13(2)5-4-10/h6H,3-5,7,10H2,1-2H3,(H,11,12). The number of hydrogen-bond acceptors (Lipinski definition) is 3. The highest BCUT2D eigenvalue weighted by Gasteiger charge is 2.02. The third-order valence-corrected chi connectivity index (χ3v) is 2.00. The molecule has 13 heavy (non-hydrogen) atoms. The van der Waals surface area contributed by atoms with Crippen molar-refractivity contribution in [2.45, 2.75) is 19.9 Å². The van der Waals surface area contributed by atoms with E-state index in [0.717, 1.165) is 30.9 Å². The fourth-order valence-corrected chi connectivity index (χ4v) is 1.26. The molecule has 0 aliphatic rings. The lowest BCUT2D eigenvalue weighted by Crippen LogP contribution is -2.25. The third kappa shape index (κ3) is 3.16. The van der Waals surface area contributed by atoms with Gasteiger partial charge in [-0.2, -0.15) is 5.10 Å². The number of nitrogens with one attached hydrogen (secondary N) is 1. The van der Waals surface area contributed by atoms with E-state index in [9.17, 15) is 0 Å². The van der Waals surface area contributed by atoms with Crippen LogP contribution >= 0.6 is 0 Å². The number of H-pyrrole nitrogens is 1. The van der Waals surface area contributed by atoms with E-state index >= 15 is 0 Å². The number of hydrogen-bond donors (Lipinski definition) is 2. The van der Waals surface area contributed by atoms with E-state index in [1.165, 1.54) is 0 Å². The van der Waals surface area contributed by atoms with Crippen molar-refractivity contribution >= 4 is 0 Å². The smallest absolute Gasteiger partial charge is 0.0622 e. The lowest BCUT2D eigenvalue weighted by molar-refractivity contribution is 0.332. The van der Waals surface area contributed by atoms with Gasteiger partial charge in [-0.05, 0) is 19.5 Å². The molecule has 0 saturated carbocycles. The maximum Gasteiger partial charge on any atom is 0.0622 e. The lowest BCUT2D eigenvalue weighted by atomic mass is 10.3. The predicted molar refractivity (Wildman–Crippen MR) is 53.4 cm³/mol. The molecule has 74 valence electrons. The molecule has 1 rings (SSSR count). The molecule has 3 N–H and O–H groups in total. The molecule has 0 fully saturated rings. The Kier molecular flexibility index (Phi) is 3.92. The Hall–Kier alpha value is -0.870. The van der Waals surface area contributed by atoms with Crippen molar-refractivity contribution in [2.24, 2.45) is 5.73 Å². The van der Waals surface area contributed by atoms with Gasteiger partial charge in [-0.3, -0.25) is 10.00 Å². The second-order valence-electron chi connectivity index (χ2n) is 3.26. The molecule has 0 unspecified atom stereocenters. The number of aromatic nitrogens is 2. The molecule has 1 heterocycles. The zero-order valence-electron chi connectivity index (χ0n) is 8.38. The number of likely N-dealkylation sites (N-methyl/N-ethyl adjacent to an activating group) is 1. The predicted octanol–water partition coefficient (Wildman–Crippen LogP) is 0.363. The Labute approximate surface area is 79.1 Å². The average Bonchev–Trinajstić information content (AvgIpc) is 2.52. The Morgan fingerprint density at radius 2 is 2.38 bits per heavy atom. The summed E-state index contributed by atoms with van der Waals surface area (Å²) in [5, 5.41) is 7.18. The second kappa shape index (κ2) is 4.99. The van der Waals surface area contributed by atoms with Gasteiger partial charge in [0.2, 0.25) is 0 Å². The van der Waals surface area contributed by atoms with Crippen molar-refractivity contribution < 1.29 is 0 Å². The van der Waals surface area contributed by atoms with Crippen molar-refractivity contribution in [3.63, 3.8) is 0 Å². The SMILES string of the molecule is CCc1cc(CN(C)CCN)[nH]n1. The molecule has 4 heteroatoms. The number of nitrogens with zero attached hydrogens (tertiary/aromatic N) is 2. The molecule has 4 nitrogen and oxygen atoms in total. The number of rotatable bonds is 5. The van der Waals surface area contributed by atoms with Gasteiger partial charge in [0.15, 0.2) is 0 Å². The van der Waals surface area contributed by atoms with Crippen LogP contribution in [0.4, 0.5) is 0 Å². The van der Waals surface area contributed by atoms with Crippen LogP contribution in [-0.4, -0.2) is 35.2 Å². The zero-order valence-corrected chi connectivity index (χ0v) is 8.38. The van der Waals surface area contributed by atoms with Crippen LogP contribution in [-0.2, 0) is 13.0 Å². The number of aryl methyl sites for hydroxylation is 1. The molecular formula is C9H18N4. The molecule has 0 bridgehead atoms. The fraction of sp³-hybridized carbons (Fsp3) is 0.667. The summed E-state index contributed by atoms with van der Waals surface area (Å²) in [5.41, 5.74) is 7.73. The van der Waals surface area contributed by atoms with Crippen molar-refractivity contribution in [2.75, 3.05) is 20.1 Å². The Balaban J connectivity index is 2.44. The third-order valence-electron chi connectivity index (χ3n) is 2.00. The average molecular weight is 182 g/mol. The molecule has 0 saturated heterocycles. The minimum absolute atomic E-state index is 0.700. The minimum atomic E-state index is 0.700. The van der Waals surface area contributed by atoms with E-state index in [-0.39, 0.29) is 0 Å². The second-order valence-corrected chi connectivity index (χ2v) is 3.26. The molecule has 0 spiro atoms. The summed E-state index contributed by atoms with van der Waals surface area (Å²) in [6.07, 6.45) is 0.983. The number of aromatic amines is 1. The summed E-state index contributed by atoms with van der Waals surface area (Å²) >= 11 is 0. The van der Waals surface area contributed by atoms with E-state index in [1.54, 1.807) is 0 Å². The van der Waals surface area contributed by atoms with Gasteiger partial charge < -0.3 is 5.73 Å². The first-order valence-corrected chi connectivity index (χ1v) is 4.68. The maximum absolute atomic E-state index is 5.45. The molecular weight excluding hydrogens is 164 g/mol. The van der Waals surface area contributed by atoms with Gasteiger partial charge in [-0.25, -0.2) is 0 Å². The first kappa shape index (κ1) is 10.2. The summed E-state index contributed by atoms with van der Waals surface area (Å²) in [5.74, 6) is 0. The highest BCUT2D eigenvalue weighted by Crippen LogP contribution is 2.02. The van der Waals surface area contributed by atoms with E-state index in [4.69, 9.17) is 5.73 Å². The Bertz CT molecular complexity index is 244. The van der Waals surface area contributed by atoms with E-state index in [2.05, 4.69) is 35.1 Å². The monoisotopic (exact) mass is 182 g/mol. The molecule has 0 radical (unpaired) electrons. The van der Waals surface area contributed by atoms with Crippen molar-refractivity contribution in [1.82, 2.24) is 15.1 Å². The van der Waals surface area contributed by atoms with Gasteiger partial charge in [-0.15, -0.1) is 0 Å². The molecule has 0 atom stereocenters. The van der Waals surface area contributed by atoms with Crippen LogP contribution < -0.4 is 5.73 Å². The van der Waals surface area contributed by atoms with E-state index < -0.39 is 0 Å². The molecule has 0 aliphatic heterocycles. The summed E-state index contributed by atoms with van der Waals surface area (Å²) < 4.78 is 0. The largest absolute Gasteiger partial charge is 0.329 e. The zero-order chi connectivity index (χ0) is 9.68. The molecule has 0 amide bonds. The summed E-state index contributed by atoms with van der Waals surface area (Å²) in [6, 6.07) is 2.10. The first-order valence-electron chi connectivity index (χ1n) is 4.68. The van der Waals surface area contributed by atoms with Crippen molar-refractivity contribution in [3.05, 3.63) is 17.5 Å². The van der Waals surface area contributed by atoms with E-state index in [1.807, 2.05) is 0 Å². The normalized spacial score (nSPS) is 11.1. The van der Waals surface area contributed by atoms with Crippen LogP contribution in [0.25, 0.3) is 0 Å². The topological polar surface area (TPSA) is 57.9 Å². The summed E-state index contributed by atoms with van der Waals surface area (Å²) in [4.78, 5) is 2.17. The van der Waals surface area contributed by atoms with Gasteiger partial charge in [0, 0.05) is 25.3 Å². The first-order chi connectivity index (χ1) is 6.26. The van der Waals surface area contributed by atoms with Crippen molar-refractivity contribution in [3.8, 4) is 0 Å². The highest BCUT2D eigenvalue weighted by atomic mass is 15.2. The Morgan fingerprint density at radius 1 is 1.62 bits per heavy atom. The van der Waals surface area contributed by atoms with E-state index in [0.29, 0.717) is 6.54 Å². The highest BCUT2D eigenvalue weighted by molar-refractivity contribution is 5.08. The maximum atomic E-state index is 5.45. The number of nitrogens with two attached hydrogens (primary N) is 1. The summed E-state index contributed by atoms with van der Waals surface area (Å²) in [7, 11) is 2.05. The van der Waals surface area contributed by atoms with Crippen LogP contribution in [0, 0.1) is 0 Å². The molecule has 0 aliphatic carbocycles. The van der Waals surface area contributed by atoms with Crippen LogP contribution in [0.3, 0.4) is 0 Å². The van der Waals surface area contributed by atoms with Crippen LogP contribution in [0.15, 0.2) is 6.07 Å². The minimum Gasteiger partial charge on any atom is -0.329 e. The van der Waals surface area contributed by atoms with Crippen LogP contribution in [0.5, 0.6) is 0 Å². The lowest BCUT2D eigenvalue weighted by Gasteiger charge is -2.13.